The van der Waals surface area contributed by atoms with E-state index in [1.165, 1.54) is 36.8 Å². The molecule has 0 radical (unpaired) electrons. The Morgan fingerprint density at radius 2 is 1.53 bits per heavy atom. The van der Waals surface area contributed by atoms with Gasteiger partial charge in [-0.05, 0) is 71.6 Å². The zero-order chi connectivity index (χ0) is 21.7. The van der Waals surface area contributed by atoms with Gasteiger partial charge >= 0.3 is 5.97 Å². The number of phenolic OH excluding ortho intramolecular Hbond substituents is 1. The number of rotatable bonds is 4. The van der Waals surface area contributed by atoms with Gasteiger partial charge < -0.3 is 10.2 Å². The Labute approximate surface area is 179 Å². The SMILES string of the molecule is CC(C)(C)C(=Cc1ccc(C(=C2CCCCCC2)c2cccc(O)c2)cc1)C(=O)O. The number of hydrogen-bond acceptors (Lipinski definition) is 2. The van der Waals surface area contributed by atoms with Gasteiger partial charge in [0.2, 0.25) is 0 Å². The smallest absolute Gasteiger partial charge is 0.332 e. The molecule has 0 spiro atoms. The normalized spacial score (nSPS) is 15.6. The minimum atomic E-state index is -0.882. The van der Waals surface area contributed by atoms with Crippen LogP contribution in [0.4, 0.5) is 0 Å². The highest BCUT2D eigenvalue weighted by atomic mass is 16.4. The number of aromatic hydroxyl groups is 1. The van der Waals surface area contributed by atoms with Gasteiger partial charge in [0, 0.05) is 5.57 Å². The Hall–Kier alpha value is -2.81. The second kappa shape index (κ2) is 9.34. The standard InChI is InChI=1S/C27H32O3/c1-27(2,3)24(26(29)30)17-19-13-15-21(16-14-19)25(20-9-6-4-5-7-10-20)22-11-8-12-23(28)18-22/h8,11-18,28H,4-7,9-10H2,1-3H3,(H,29,30). The van der Waals surface area contributed by atoms with Crippen molar-refractivity contribution in [2.45, 2.75) is 59.3 Å². The van der Waals surface area contributed by atoms with Crippen LogP contribution >= 0.6 is 0 Å². The van der Waals surface area contributed by atoms with Gasteiger partial charge in [0.25, 0.3) is 0 Å². The predicted molar refractivity (Wildman–Crippen MR) is 123 cm³/mol. The molecule has 158 valence electrons. The molecule has 1 aliphatic rings. The lowest BCUT2D eigenvalue weighted by Gasteiger charge is -2.19. The lowest BCUT2D eigenvalue weighted by atomic mass is 9.85. The molecule has 0 unspecified atom stereocenters. The van der Waals surface area contributed by atoms with E-state index < -0.39 is 11.4 Å². The average molecular weight is 405 g/mol. The van der Waals surface area contributed by atoms with Gasteiger partial charge in [-0.3, -0.25) is 0 Å². The number of carboxylic acids is 1. The molecule has 3 heteroatoms. The zero-order valence-electron chi connectivity index (χ0n) is 18.2. The van der Waals surface area contributed by atoms with Crippen molar-refractivity contribution in [3.8, 4) is 5.75 Å². The van der Waals surface area contributed by atoms with E-state index in [1.807, 2.05) is 45.0 Å². The second-order valence-electron chi connectivity index (χ2n) is 9.18. The lowest BCUT2D eigenvalue weighted by molar-refractivity contribution is -0.133. The van der Waals surface area contributed by atoms with E-state index in [4.69, 9.17) is 0 Å². The third-order valence-corrected chi connectivity index (χ3v) is 5.74. The van der Waals surface area contributed by atoms with Crippen molar-refractivity contribution in [3.05, 3.63) is 76.4 Å². The molecule has 2 aromatic rings. The van der Waals surface area contributed by atoms with Gasteiger partial charge in [0.05, 0.1) is 0 Å². The maximum atomic E-state index is 11.7. The lowest BCUT2D eigenvalue weighted by Crippen LogP contribution is -2.17. The Kier molecular flexibility index (Phi) is 6.81. The summed E-state index contributed by atoms with van der Waals surface area (Å²) in [6, 6.07) is 15.6. The van der Waals surface area contributed by atoms with Crippen molar-refractivity contribution < 1.29 is 15.0 Å². The van der Waals surface area contributed by atoms with E-state index in [2.05, 4.69) is 18.2 Å². The van der Waals surface area contributed by atoms with E-state index in [9.17, 15) is 15.0 Å². The Bertz CT molecular complexity index is 946. The zero-order valence-corrected chi connectivity index (χ0v) is 18.2. The molecule has 2 N–H and O–H groups in total. The van der Waals surface area contributed by atoms with Crippen LogP contribution in [0.2, 0.25) is 0 Å². The summed E-state index contributed by atoms with van der Waals surface area (Å²) < 4.78 is 0. The van der Waals surface area contributed by atoms with Gasteiger partial charge in [-0.1, -0.05) is 75.6 Å². The highest BCUT2D eigenvalue weighted by molar-refractivity contribution is 5.93. The number of carboxylic acid groups (broad SMARTS) is 1. The number of allylic oxidation sites excluding steroid dienone is 1. The van der Waals surface area contributed by atoms with Crippen LogP contribution in [-0.2, 0) is 4.79 Å². The fourth-order valence-corrected chi connectivity index (χ4v) is 4.15. The molecule has 0 saturated heterocycles. The summed E-state index contributed by atoms with van der Waals surface area (Å²) in [5, 5.41) is 19.6. The second-order valence-corrected chi connectivity index (χ2v) is 9.18. The van der Waals surface area contributed by atoms with Gasteiger partial charge in [-0.2, -0.15) is 0 Å². The topological polar surface area (TPSA) is 57.5 Å². The van der Waals surface area contributed by atoms with E-state index in [0.717, 1.165) is 29.5 Å². The number of phenols is 1. The van der Waals surface area contributed by atoms with Crippen molar-refractivity contribution in [2.75, 3.05) is 0 Å². The van der Waals surface area contributed by atoms with E-state index >= 15 is 0 Å². The molecule has 2 aromatic carbocycles. The molecule has 0 bridgehead atoms. The molecule has 0 atom stereocenters. The Morgan fingerprint density at radius 3 is 2.07 bits per heavy atom. The molecule has 3 nitrogen and oxygen atoms in total. The van der Waals surface area contributed by atoms with Crippen molar-refractivity contribution in [1.29, 1.82) is 0 Å². The molecular formula is C27H32O3. The molecule has 30 heavy (non-hydrogen) atoms. The van der Waals surface area contributed by atoms with Crippen molar-refractivity contribution in [3.63, 3.8) is 0 Å². The number of hydrogen-bond donors (Lipinski definition) is 2. The number of benzene rings is 2. The summed E-state index contributed by atoms with van der Waals surface area (Å²) in [6.07, 6.45) is 8.87. The summed E-state index contributed by atoms with van der Waals surface area (Å²) in [5.41, 5.74) is 5.65. The summed E-state index contributed by atoms with van der Waals surface area (Å²) in [4.78, 5) is 11.7. The van der Waals surface area contributed by atoms with Gasteiger partial charge in [0.1, 0.15) is 5.75 Å². The first-order chi connectivity index (χ1) is 14.3. The monoisotopic (exact) mass is 404 g/mol. The minimum Gasteiger partial charge on any atom is -0.508 e. The Balaban J connectivity index is 2.05. The van der Waals surface area contributed by atoms with Gasteiger partial charge in [-0.25, -0.2) is 4.79 Å². The van der Waals surface area contributed by atoms with Crippen molar-refractivity contribution in [1.82, 2.24) is 0 Å². The van der Waals surface area contributed by atoms with Crippen LogP contribution in [0.5, 0.6) is 5.75 Å². The summed E-state index contributed by atoms with van der Waals surface area (Å²) in [5.74, 6) is -0.609. The minimum absolute atomic E-state index is 0.273. The molecule has 0 aromatic heterocycles. The van der Waals surface area contributed by atoms with Crippen LogP contribution in [0.1, 0.15) is 76.0 Å². The summed E-state index contributed by atoms with van der Waals surface area (Å²) in [7, 11) is 0. The summed E-state index contributed by atoms with van der Waals surface area (Å²) >= 11 is 0. The first-order valence-electron chi connectivity index (χ1n) is 10.8. The van der Waals surface area contributed by atoms with Crippen LogP contribution in [0.3, 0.4) is 0 Å². The maximum absolute atomic E-state index is 11.7. The van der Waals surface area contributed by atoms with E-state index in [-0.39, 0.29) is 5.75 Å². The largest absolute Gasteiger partial charge is 0.508 e. The van der Waals surface area contributed by atoms with Crippen molar-refractivity contribution in [2.24, 2.45) is 5.41 Å². The first-order valence-corrected chi connectivity index (χ1v) is 10.8. The van der Waals surface area contributed by atoms with Crippen molar-refractivity contribution >= 4 is 17.6 Å². The molecule has 1 fully saturated rings. The highest BCUT2D eigenvalue weighted by Crippen LogP contribution is 2.36. The average Bonchev–Trinajstić information content (AvgIpc) is 2.96. The van der Waals surface area contributed by atoms with Crippen LogP contribution in [0.25, 0.3) is 11.6 Å². The maximum Gasteiger partial charge on any atom is 0.332 e. The molecule has 3 rings (SSSR count). The van der Waals surface area contributed by atoms with Crippen LogP contribution < -0.4 is 0 Å². The first kappa shape index (κ1) is 21.9. The van der Waals surface area contributed by atoms with Crippen LogP contribution in [0.15, 0.2) is 59.7 Å². The molecular weight excluding hydrogens is 372 g/mol. The molecule has 1 saturated carbocycles. The summed E-state index contributed by atoms with van der Waals surface area (Å²) in [6.45, 7) is 5.74. The Morgan fingerprint density at radius 1 is 0.900 bits per heavy atom. The number of aliphatic carboxylic acids is 1. The van der Waals surface area contributed by atoms with Gasteiger partial charge in [0.15, 0.2) is 0 Å². The van der Waals surface area contributed by atoms with Crippen LogP contribution in [-0.4, -0.2) is 16.2 Å². The highest BCUT2D eigenvalue weighted by Gasteiger charge is 2.23. The molecule has 0 amide bonds. The third kappa shape index (κ3) is 5.41. The van der Waals surface area contributed by atoms with Gasteiger partial charge in [-0.15, -0.1) is 0 Å². The fraction of sp³-hybridized carbons (Fsp3) is 0.370. The third-order valence-electron chi connectivity index (χ3n) is 5.74. The predicted octanol–water partition coefficient (Wildman–Crippen LogP) is 7.06. The fourth-order valence-electron chi connectivity index (χ4n) is 4.15. The van der Waals surface area contributed by atoms with Crippen LogP contribution in [0, 0.1) is 5.41 Å². The van der Waals surface area contributed by atoms with E-state index in [0.29, 0.717) is 5.57 Å². The molecule has 0 heterocycles. The number of carbonyl (C=O) groups is 1. The van der Waals surface area contributed by atoms with E-state index in [1.54, 1.807) is 12.1 Å². The quantitative estimate of drug-likeness (QED) is 0.423. The molecule has 1 aliphatic carbocycles. The molecule has 0 aliphatic heterocycles.